The van der Waals surface area contributed by atoms with E-state index in [9.17, 15) is 19.7 Å². The van der Waals surface area contributed by atoms with Crippen LogP contribution in [0, 0.1) is 28.5 Å². The Kier molecular flexibility index (Phi) is 3.13. The third kappa shape index (κ3) is 1.85. The van der Waals surface area contributed by atoms with Crippen LogP contribution < -0.4 is 11.3 Å². The first-order valence-electron chi connectivity index (χ1n) is 6.10. The first kappa shape index (κ1) is 13.8. The Labute approximate surface area is 127 Å². The van der Waals surface area contributed by atoms with E-state index in [1.54, 1.807) is 17.5 Å². The van der Waals surface area contributed by atoms with Crippen molar-refractivity contribution in [1.29, 1.82) is 10.5 Å². The molecule has 0 aliphatic carbocycles. The van der Waals surface area contributed by atoms with Crippen LogP contribution >= 0.6 is 11.3 Å². The highest BCUT2D eigenvalue weighted by molar-refractivity contribution is 7.17. The summed E-state index contributed by atoms with van der Waals surface area (Å²) >= 11 is 1.20. The molecule has 0 atom stereocenters. The van der Waals surface area contributed by atoms with Gasteiger partial charge in [-0.3, -0.25) is 4.79 Å². The molecule has 5 nitrogen and oxygen atoms in total. The molecule has 0 aliphatic rings. The Morgan fingerprint density at radius 1 is 1.18 bits per heavy atom. The number of aromatic amines is 1. The van der Waals surface area contributed by atoms with Gasteiger partial charge in [-0.15, -0.1) is 11.3 Å². The van der Waals surface area contributed by atoms with Gasteiger partial charge in [0.15, 0.2) is 0 Å². The summed E-state index contributed by atoms with van der Waals surface area (Å²) in [5.41, 5.74) is 5.35. The average molecular weight is 310 g/mol. The van der Waals surface area contributed by atoms with E-state index in [0.717, 1.165) is 0 Å². The van der Waals surface area contributed by atoms with E-state index >= 15 is 0 Å². The van der Waals surface area contributed by atoms with Gasteiger partial charge in [-0.1, -0.05) is 6.07 Å². The second-order valence-electron chi connectivity index (χ2n) is 4.47. The van der Waals surface area contributed by atoms with E-state index in [4.69, 9.17) is 5.73 Å². The number of hydrogen-bond donors (Lipinski definition) is 2. The third-order valence-corrected chi connectivity index (χ3v) is 4.23. The van der Waals surface area contributed by atoms with Gasteiger partial charge in [-0.2, -0.15) is 10.5 Å². The normalized spacial score (nSPS) is 10.3. The number of nitriles is 2. The molecule has 3 aromatic rings. The first-order valence-corrected chi connectivity index (χ1v) is 6.98. The van der Waals surface area contributed by atoms with Crippen molar-refractivity contribution in [3.05, 3.63) is 50.9 Å². The molecule has 0 unspecified atom stereocenters. The van der Waals surface area contributed by atoms with Gasteiger partial charge < -0.3 is 10.7 Å². The standard InChI is InChI=1S/C15H7FN4OS/c16-11-2-1-7(8-3-4-22-13(8)11)12-9(5-17)14(19)20-15(21)10(12)6-18/h1-4H,(H3,19,20,21). The lowest BCUT2D eigenvalue weighted by molar-refractivity contribution is 0.642. The van der Waals surface area contributed by atoms with Gasteiger partial charge in [0, 0.05) is 10.9 Å². The van der Waals surface area contributed by atoms with Crippen molar-refractivity contribution in [2.24, 2.45) is 0 Å². The summed E-state index contributed by atoms with van der Waals surface area (Å²) in [5, 5.41) is 20.8. The van der Waals surface area contributed by atoms with E-state index in [0.29, 0.717) is 15.6 Å². The van der Waals surface area contributed by atoms with Gasteiger partial charge in [-0.05, 0) is 23.1 Å². The molecule has 22 heavy (non-hydrogen) atoms. The molecule has 0 bridgehead atoms. The minimum absolute atomic E-state index is 0.00439. The number of halogens is 1. The molecule has 2 aromatic heterocycles. The van der Waals surface area contributed by atoms with Crippen LogP contribution in [-0.2, 0) is 0 Å². The number of hydrogen-bond acceptors (Lipinski definition) is 5. The number of nitrogens with one attached hydrogen (secondary N) is 1. The number of thiophene rings is 1. The largest absolute Gasteiger partial charge is 0.384 e. The number of nitrogen functional groups attached to an aromatic ring is 1. The summed E-state index contributed by atoms with van der Waals surface area (Å²) in [6, 6.07) is 8.06. The lowest BCUT2D eigenvalue weighted by Gasteiger charge is -2.10. The molecule has 3 N–H and O–H groups in total. The maximum atomic E-state index is 13.8. The summed E-state index contributed by atoms with van der Waals surface area (Å²) in [6.07, 6.45) is 0. The van der Waals surface area contributed by atoms with Gasteiger partial charge in [0.05, 0.1) is 4.70 Å². The smallest absolute Gasteiger partial charge is 0.268 e. The Morgan fingerprint density at radius 2 is 1.91 bits per heavy atom. The van der Waals surface area contributed by atoms with Crippen molar-refractivity contribution in [3.8, 4) is 23.3 Å². The van der Waals surface area contributed by atoms with Crippen LogP contribution in [0.4, 0.5) is 10.2 Å². The fraction of sp³-hybridized carbons (Fsp3) is 0. The molecule has 3 rings (SSSR count). The van der Waals surface area contributed by atoms with Gasteiger partial charge >= 0.3 is 0 Å². The average Bonchev–Trinajstić information content (AvgIpc) is 2.98. The summed E-state index contributed by atoms with van der Waals surface area (Å²) in [5.74, 6) is -0.516. The number of H-pyrrole nitrogens is 1. The topological polar surface area (TPSA) is 106 Å². The van der Waals surface area contributed by atoms with Gasteiger partial charge in [0.25, 0.3) is 5.56 Å². The van der Waals surface area contributed by atoms with Crippen molar-refractivity contribution in [3.63, 3.8) is 0 Å². The van der Waals surface area contributed by atoms with E-state index in [2.05, 4.69) is 4.98 Å². The summed E-state index contributed by atoms with van der Waals surface area (Å²) in [4.78, 5) is 14.2. The third-order valence-electron chi connectivity index (χ3n) is 3.31. The number of anilines is 1. The molecule has 106 valence electrons. The van der Waals surface area contributed by atoms with Crippen molar-refractivity contribution in [2.75, 3.05) is 5.73 Å². The fourth-order valence-electron chi connectivity index (χ4n) is 2.36. The van der Waals surface area contributed by atoms with Crippen LogP contribution in [0.1, 0.15) is 11.1 Å². The van der Waals surface area contributed by atoms with Crippen LogP contribution in [0.25, 0.3) is 21.2 Å². The van der Waals surface area contributed by atoms with Crippen molar-refractivity contribution in [1.82, 2.24) is 4.98 Å². The molecular weight excluding hydrogens is 303 g/mol. The number of aromatic nitrogens is 1. The second-order valence-corrected chi connectivity index (χ2v) is 5.39. The van der Waals surface area contributed by atoms with E-state index in [1.165, 1.54) is 23.5 Å². The molecule has 0 amide bonds. The minimum Gasteiger partial charge on any atom is -0.384 e. The number of rotatable bonds is 1. The highest BCUT2D eigenvalue weighted by Gasteiger charge is 2.20. The molecule has 0 spiro atoms. The fourth-order valence-corrected chi connectivity index (χ4v) is 3.18. The van der Waals surface area contributed by atoms with Gasteiger partial charge in [-0.25, -0.2) is 4.39 Å². The summed E-state index contributed by atoms with van der Waals surface area (Å²) in [6.45, 7) is 0. The zero-order valence-corrected chi connectivity index (χ0v) is 11.8. The number of pyridine rings is 1. The van der Waals surface area contributed by atoms with Crippen LogP contribution in [0.2, 0.25) is 0 Å². The van der Waals surface area contributed by atoms with Crippen LogP contribution in [0.3, 0.4) is 0 Å². The quantitative estimate of drug-likeness (QED) is 0.720. The van der Waals surface area contributed by atoms with Crippen molar-refractivity contribution < 1.29 is 4.39 Å². The van der Waals surface area contributed by atoms with Gasteiger partial charge in [0.2, 0.25) is 0 Å². The molecule has 0 saturated carbocycles. The lowest BCUT2D eigenvalue weighted by Crippen LogP contribution is -2.16. The molecule has 1 aromatic carbocycles. The molecule has 0 radical (unpaired) electrons. The highest BCUT2D eigenvalue weighted by Crippen LogP contribution is 2.36. The molecule has 0 aliphatic heterocycles. The highest BCUT2D eigenvalue weighted by atomic mass is 32.1. The van der Waals surface area contributed by atoms with E-state index in [1.807, 2.05) is 6.07 Å². The number of fused-ring (bicyclic) bond motifs is 1. The van der Waals surface area contributed by atoms with Crippen LogP contribution in [0.15, 0.2) is 28.4 Å². The minimum atomic E-state index is -0.679. The number of benzene rings is 1. The molecule has 0 fully saturated rings. The van der Waals surface area contributed by atoms with Crippen molar-refractivity contribution >= 4 is 27.2 Å². The van der Waals surface area contributed by atoms with Crippen molar-refractivity contribution in [2.45, 2.75) is 0 Å². The predicted octanol–water partition coefficient (Wildman–Crippen LogP) is 2.72. The SMILES string of the molecule is N#Cc1c(N)[nH]c(=O)c(C#N)c1-c1ccc(F)c2sccc12. The lowest BCUT2D eigenvalue weighted by atomic mass is 9.94. The summed E-state index contributed by atoms with van der Waals surface area (Å²) < 4.78 is 14.2. The molecule has 7 heteroatoms. The Hall–Kier alpha value is -3.16. The molecule has 2 heterocycles. The Balaban J connectivity index is 2.54. The zero-order valence-electron chi connectivity index (χ0n) is 11.0. The van der Waals surface area contributed by atoms with E-state index < -0.39 is 11.4 Å². The Morgan fingerprint density at radius 3 is 2.59 bits per heavy atom. The number of nitrogens with two attached hydrogens (primary N) is 1. The zero-order chi connectivity index (χ0) is 15.9. The summed E-state index contributed by atoms with van der Waals surface area (Å²) in [7, 11) is 0. The number of nitrogens with zero attached hydrogens (tertiary/aromatic N) is 2. The monoisotopic (exact) mass is 310 g/mol. The van der Waals surface area contributed by atoms with Crippen LogP contribution in [0.5, 0.6) is 0 Å². The molecular formula is C15H7FN4OS. The predicted molar refractivity (Wildman–Crippen MR) is 81.7 cm³/mol. The van der Waals surface area contributed by atoms with Gasteiger partial charge in [0.1, 0.15) is 34.9 Å². The second kappa shape index (κ2) is 4.99. The van der Waals surface area contributed by atoms with Crippen LogP contribution in [-0.4, -0.2) is 4.98 Å². The van der Waals surface area contributed by atoms with E-state index in [-0.39, 0.29) is 22.5 Å². The first-order chi connectivity index (χ1) is 10.6. The Bertz CT molecular complexity index is 1050. The maximum absolute atomic E-state index is 13.8. The maximum Gasteiger partial charge on any atom is 0.268 e. The molecule has 0 saturated heterocycles.